The lowest BCUT2D eigenvalue weighted by Crippen LogP contribution is -2.14. The zero-order valence-electron chi connectivity index (χ0n) is 13.9. The summed E-state index contributed by atoms with van der Waals surface area (Å²) >= 11 is 1.38. The summed E-state index contributed by atoms with van der Waals surface area (Å²) in [6.45, 7) is 3.68. The van der Waals surface area contributed by atoms with Crippen LogP contribution in [0.2, 0.25) is 0 Å². The molecule has 3 rings (SSSR count). The largest absolute Gasteiger partial charge is 0.302 e. The van der Waals surface area contributed by atoms with Gasteiger partial charge in [0.1, 0.15) is 0 Å². The maximum atomic E-state index is 12.2. The topological polar surface area (TPSA) is 87.1 Å². The minimum atomic E-state index is -0.105. The summed E-state index contributed by atoms with van der Waals surface area (Å²) in [4.78, 5) is 21.8. The number of nitrogens with one attached hydrogen (secondary N) is 2. The molecule has 128 valence electrons. The van der Waals surface area contributed by atoms with E-state index in [4.69, 9.17) is 5.21 Å². The second-order valence-corrected chi connectivity index (χ2v) is 6.61. The van der Waals surface area contributed by atoms with Crippen molar-refractivity contribution in [3.05, 3.63) is 59.5 Å². The Hall–Kier alpha value is -2.77. The van der Waals surface area contributed by atoms with Crippen molar-refractivity contribution in [3.8, 4) is 10.4 Å². The molecular formula is C18H18N4O2S. The van der Waals surface area contributed by atoms with Crippen LogP contribution in [0.4, 0.5) is 10.8 Å². The standard InChI is InChI=1S/C18H18N4O2S/c1-11-15(22-24)9-14(10-19-11)17-12(2)20-18(25-17)21-16(23)8-13-6-4-3-5-7-13/h3-7,9-10,22,24H,8H2,1-2H3,(H,20,21,23). The lowest BCUT2D eigenvalue weighted by atomic mass is 10.1. The Balaban J connectivity index is 1.77. The lowest BCUT2D eigenvalue weighted by molar-refractivity contribution is -0.115. The zero-order valence-corrected chi connectivity index (χ0v) is 14.7. The second kappa shape index (κ2) is 7.42. The lowest BCUT2D eigenvalue weighted by Gasteiger charge is -2.05. The molecule has 1 amide bonds. The fourth-order valence-electron chi connectivity index (χ4n) is 2.43. The summed E-state index contributed by atoms with van der Waals surface area (Å²) in [7, 11) is 0. The van der Waals surface area contributed by atoms with Crippen LogP contribution in [0.3, 0.4) is 0 Å². The number of pyridine rings is 1. The molecule has 0 atom stereocenters. The average molecular weight is 354 g/mol. The summed E-state index contributed by atoms with van der Waals surface area (Å²) in [5.74, 6) is -0.105. The van der Waals surface area contributed by atoms with E-state index in [1.807, 2.05) is 37.3 Å². The highest BCUT2D eigenvalue weighted by Crippen LogP contribution is 2.34. The van der Waals surface area contributed by atoms with E-state index in [0.29, 0.717) is 22.9 Å². The maximum absolute atomic E-state index is 12.2. The molecule has 0 aliphatic heterocycles. The van der Waals surface area contributed by atoms with Gasteiger partial charge in [0, 0.05) is 11.8 Å². The molecular weight excluding hydrogens is 336 g/mol. The predicted octanol–water partition coefficient (Wildman–Crippen LogP) is 3.80. The first kappa shape index (κ1) is 17.1. The first-order valence-corrected chi connectivity index (χ1v) is 8.57. The number of rotatable bonds is 5. The molecule has 0 aliphatic rings. The molecule has 0 spiro atoms. The number of hydrogen-bond donors (Lipinski definition) is 3. The molecule has 6 nitrogen and oxygen atoms in total. The molecule has 2 aromatic heterocycles. The Morgan fingerprint density at radius 2 is 1.96 bits per heavy atom. The van der Waals surface area contributed by atoms with Crippen LogP contribution >= 0.6 is 11.3 Å². The number of benzene rings is 1. The summed E-state index contributed by atoms with van der Waals surface area (Å²) in [5.41, 5.74) is 5.97. The molecule has 0 saturated carbocycles. The first-order chi connectivity index (χ1) is 12.1. The van der Waals surface area contributed by atoms with Gasteiger partial charge in [0.05, 0.1) is 28.4 Å². The molecule has 3 aromatic rings. The second-order valence-electron chi connectivity index (χ2n) is 5.61. The van der Waals surface area contributed by atoms with Gasteiger partial charge in [-0.15, -0.1) is 0 Å². The van der Waals surface area contributed by atoms with E-state index in [-0.39, 0.29) is 5.91 Å². The number of aryl methyl sites for hydroxylation is 2. The molecule has 1 aromatic carbocycles. The molecule has 0 bridgehead atoms. The van der Waals surface area contributed by atoms with Gasteiger partial charge in [-0.2, -0.15) is 0 Å². The van der Waals surface area contributed by atoms with Crippen molar-refractivity contribution in [2.45, 2.75) is 20.3 Å². The molecule has 0 aliphatic carbocycles. The molecule has 7 heteroatoms. The summed E-state index contributed by atoms with van der Waals surface area (Å²) in [6.07, 6.45) is 2.03. The van der Waals surface area contributed by atoms with Gasteiger partial charge < -0.3 is 5.32 Å². The van der Waals surface area contributed by atoms with Gasteiger partial charge in [-0.25, -0.2) is 4.98 Å². The number of thiazole rings is 1. The quantitative estimate of drug-likeness (QED) is 0.607. The van der Waals surface area contributed by atoms with Crippen molar-refractivity contribution >= 4 is 28.1 Å². The van der Waals surface area contributed by atoms with Crippen molar-refractivity contribution in [2.75, 3.05) is 10.8 Å². The fourth-order valence-corrected chi connectivity index (χ4v) is 3.40. The Labute approximate surface area is 149 Å². The van der Waals surface area contributed by atoms with Crippen LogP contribution in [0, 0.1) is 13.8 Å². The van der Waals surface area contributed by atoms with Gasteiger partial charge in [0.25, 0.3) is 0 Å². The highest BCUT2D eigenvalue weighted by atomic mass is 32.1. The van der Waals surface area contributed by atoms with Crippen molar-refractivity contribution in [1.29, 1.82) is 0 Å². The molecule has 0 radical (unpaired) electrons. The van der Waals surface area contributed by atoms with Gasteiger partial charge in [-0.3, -0.25) is 20.5 Å². The molecule has 3 N–H and O–H groups in total. The number of carbonyl (C=O) groups is 1. The summed E-state index contributed by atoms with van der Waals surface area (Å²) in [6, 6.07) is 11.4. The summed E-state index contributed by atoms with van der Waals surface area (Å²) in [5, 5.41) is 12.6. The molecule has 0 unspecified atom stereocenters. The van der Waals surface area contributed by atoms with Crippen LogP contribution in [0.15, 0.2) is 42.6 Å². The minimum Gasteiger partial charge on any atom is -0.302 e. The van der Waals surface area contributed by atoms with Gasteiger partial charge in [0.15, 0.2) is 5.13 Å². The number of carbonyl (C=O) groups excluding carboxylic acids is 1. The highest BCUT2D eigenvalue weighted by Gasteiger charge is 2.14. The number of aromatic nitrogens is 2. The van der Waals surface area contributed by atoms with E-state index in [9.17, 15) is 4.79 Å². The molecule has 2 heterocycles. The zero-order chi connectivity index (χ0) is 17.8. The van der Waals surface area contributed by atoms with Gasteiger partial charge in [0.2, 0.25) is 5.91 Å². The number of hydrogen-bond acceptors (Lipinski definition) is 6. The van der Waals surface area contributed by atoms with Crippen molar-refractivity contribution < 1.29 is 10.0 Å². The Kier molecular flexibility index (Phi) is 5.06. The Bertz CT molecular complexity index is 893. The van der Waals surface area contributed by atoms with E-state index in [1.54, 1.807) is 19.2 Å². The Morgan fingerprint density at radius 1 is 1.20 bits per heavy atom. The van der Waals surface area contributed by atoms with Crippen LogP contribution in [0.5, 0.6) is 0 Å². The Morgan fingerprint density at radius 3 is 2.68 bits per heavy atom. The van der Waals surface area contributed by atoms with E-state index in [1.165, 1.54) is 11.3 Å². The van der Waals surface area contributed by atoms with E-state index in [2.05, 4.69) is 20.8 Å². The predicted molar refractivity (Wildman–Crippen MR) is 99.0 cm³/mol. The third kappa shape index (κ3) is 4.01. The van der Waals surface area contributed by atoms with Crippen LogP contribution < -0.4 is 10.8 Å². The highest BCUT2D eigenvalue weighted by molar-refractivity contribution is 7.19. The maximum Gasteiger partial charge on any atom is 0.230 e. The van der Waals surface area contributed by atoms with E-state index in [0.717, 1.165) is 21.7 Å². The van der Waals surface area contributed by atoms with Crippen molar-refractivity contribution in [1.82, 2.24) is 9.97 Å². The molecule has 0 saturated heterocycles. The van der Waals surface area contributed by atoms with Crippen LogP contribution in [0.25, 0.3) is 10.4 Å². The number of nitrogens with zero attached hydrogens (tertiary/aromatic N) is 2. The van der Waals surface area contributed by atoms with Crippen molar-refractivity contribution in [2.24, 2.45) is 0 Å². The van der Waals surface area contributed by atoms with Gasteiger partial charge in [-0.05, 0) is 25.5 Å². The number of amides is 1. The minimum absolute atomic E-state index is 0.105. The third-order valence-corrected chi connectivity index (χ3v) is 4.84. The normalized spacial score (nSPS) is 10.5. The average Bonchev–Trinajstić information content (AvgIpc) is 2.96. The molecule has 0 fully saturated rings. The monoisotopic (exact) mass is 354 g/mol. The van der Waals surface area contributed by atoms with Gasteiger partial charge >= 0.3 is 0 Å². The molecule has 25 heavy (non-hydrogen) atoms. The number of anilines is 2. The van der Waals surface area contributed by atoms with Crippen molar-refractivity contribution in [3.63, 3.8) is 0 Å². The van der Waals surface area contributed by atoms with E-state index < -0.39 is 0 Å². The van der Waals surface area contributed by atoms with Crippen LogP contribution in [-0.2, 0) is 11.2 Å². The smallest absolute Gasteiger partial charge is 0.230 e. The van der Waals surface area contributed by atoms with Crippen LogP contribution in [0.1, 0.15) is 17.0 Å². The SMILES string of the molecule is Cc1ncc(-c2sc(NC(=O)Cc3ccccc3)nc2C)cc1NO. The summed E-state index contributed by atoms with van der Waals surface area (Å²) < 4.78 is 0. The van der Waals surface area contributed by atoms with E-state index >= 15 is 0 Å². The third-order valence-electron chi connectivity index (χ3n) is 3.72. The van der Waals surface area contributed by atoms with Crippen LogP contribution in [-0.4, -0.2) is 21.1 Å². The fraction of sp³-hybridized carbons (Fsp3) is 0.167. The first-order valence-electron chi connectivity index (χ1n) is 7.75. The van der Waals surface area contributed by atoms with Gasteiger partial charge in [-0.1, -0.05) is 41.7 Å².